The predicted octanol–water partition coefficient (Wildman–Crippen LogP) is 1.99. The number of carbonyl (C=O) groups excluding carboxylic acids is 1. The third-order valence-corrected chi connectivity index (χ3v) is 8.27. The van der Waals surface area contributed by atoms with Crippen LogP contribution in [0.25, 0.3) is 0 Å². The quantitative estimate of drug-likeness (QED) is 0.183. The normalized spacial score (nSPS) is 21.8. The summed E-state index contributed by atoms with van der Waals surface area (Å²) in [4.78, 5) is 21.8. The molecular weight excluding hydrogens is 565 g/mol. The van der Waals surface area contributed by atoms with Crippen molar-refractivity contribution in [2.75, 3.05) is 17.7 Å². The van der Waals surface area contributed by atoms with E-state index in [1.807, 2.05) is 6.07 Å². The Morgan fingerprint density at radius 2 is 2.00 bits per heavy atom. The summed E-state index contributed by atoms with van der Waals surface area (Å²) < 4.78 is 27.2. The van der Waals surface area contributed by atoms with Crippen LogP contribution in [0.2, 0.25) is 9.36 Å². The van der Waals surface area contributed by atoms with Gasteiger partial charge >= 0.3 is 10.3 Å². The van der Waals surface area contributed by atoms with Crippen LogP contribution in [0, 0.1) is 5.92 Å². The van der Waals surface area contributed by atoms with E-state index >= 15 is 0 Å². The molecule has 0 amide bonds. The van der Waals surface area contributed by atoms with Gasteiger partial charge in [-0.25, -0.2) is 15.1 Å². The lowest BCUT2D eigenvalue weighted by Gasteiger charge is -2.19. The Morgan fingerprint density at radius 3 is 2.73 bits per heavy atom. The number of halogens is 2. The van der Waals surface area contributed by atoms with Crippen LogP contribution in [0.5, 0.6) is 0 Å². The highest BCUT2D eigenvalue weighted by Crippen LogP contribution is 2.35. The minimum absolute atomic E-state index is 0.125. The number of hydrogen-bond donors (Lipinski definition) is 5. The molecule has 0 spiro atoms. The van der Waals surface area contributed by atoms with Gasteiger partial charge < -0.3 is 21.3 Å². The molecule has 0 unspecified atom stereocenters. The largest absolute Gasteiger partial charge is 0.397 e. The van der Waals surface area contributed by atoms with Gasteiger partial charge in [-0.05, 0) is 29.7 Å². The Bertz CT molecular complexity index is 1420. The third kappa shape index (κ3) is 6.38. The molecule has 1 saturated carbocycles. The number of ketones is 1. The van der Waals surface area contributed by atoms with Gasteiger partial charge in [0.2, 0.25) is 5.78 Å². The maximum atomic E-state index is 13.4. The van der Waals surface area contributed by atoms with Crippen LogP contribution in [-0.4, -0.2) is 59.2 Å². The number of nitrogens with two attached hydrogens (primary N) is 2. The van der Waals surface area contributed by atoms with Crippen LogP contribution >= 0.6 is 34.5 Å². The predicted molar refractivity (Wildman–Crippen MR) is 140 cm³/mol. The van der Waals surface area contributed by atoms with Crippen LogP contribution in [0.3, 0.4) is 0 Å². The number of hydrogen-bond acceptors (Lipinski definition) is 11. The van der Waals surface area contributed by atoms with Gasteiger partial charge in [0.15, 0.2) is 0 Å². The summed E-state index contributed by atoms with van der Waals surface area (Å²) in [6.07, 6.45) is 0.508. The molecule has 1 aliphatic rings. The second-order valence-electron chi connectivity index (χ2n) is 8.52. The molecule has 4 atom stereocenters. The smallest absolute Gasteiger partial charge is 0.333 e. The Kier molecular flexibility index (Phi) is 8.35. The van der Waals surface area contributed by atoms with Crippen molar-refractivity contribution < 1.29 is 27.6 Å². The van der Waals surface area contributed by atoms with E-state index in [9.17, 15) is 23.4 Å². The van der Waals surface area contributed by atoms with Crippen molar-refractivity contribution in [1.82, 2.24) is 9.97 Å². The highest BCUT2D eigenvalue weighted by Gasteiger charge is 2.42. The van der Waals surface area contributed by atoms with Crippen molar-refractivity contribution in [3.63, 3.8) is 0 Å². The average Bonchev–Trinajstić information content (AvgIpc) is 3.34. The van der Waals surface area contributed by atoms with Crippen LogP contribution in [0.15, 0.2) is 36.8 Å². The van der Waals surface area contributed by atoms with Gasteiger partial charge in [0.1, 0.15) is 18.2 Å². The van der Waals surface area contributed by atoms with Gasteiger partial charge in [0, 0.05) is 18.5 Å². The van der Waals surface area contributed by atoms with Gasteiger partial charge in [0.25, 0.3) is 0 Å². The Hall–Kier alpha value is -2.36. The molecule has 0 bridgehead atoms. The number of nitrogens with zero attached hydrogens (tertiary/aromatic N) is 2. The Labute approximate surface area is 226 Å². The number of aliphatic hydroxyl groups excluding tert-OH is 2. The fraction of sp³-hybridized carbons (Fsp3) is 0.318. The number of nitrogens with one attached hydrogen (secondary N) is 1. The zero-order valence-corrected chi connectivity index (χ0v) is 22.2. The van der Waals surface area contributed by atoms with Crippen LogP contribution in [-0.2, 0) is 20.9 Å². The molecule has 7 N–H and O–H groups in total. The molecule has 2 heterocycles. The molecule has 0 saturated heterocycles. The molecule has 1 aliphatic carbocycles. The third-order valence-electron chi connectivity index (χ3n) is 6.03. The summed E-state index contributed by atoms with van der Waals surface area (Å²) >= 11 is 13.6. The lowest BCUT2D eigenvalue weighted by Crippen LogP contribution is -2.36. The van der Waals surface area contributed by atoms with Crippen molar-refractivity contribution in [3.8, 4) is 0 Å². The van der Waals surface area contributed by atoms with E-state index in [2.05, 4.69) is 19.5 Å². The highest BCUT2D eigenvalue weighted by atomic mass is 35.5. The van der Waals surface area contributed by atoms with E-state index in [0.717, 1.165) is 16.9 Å². The van der Waals surface area contributed by atoms with Gasteiger partial charge in [-0.15, -0.1) is 11.3 Å². The molecule has 0 aliphatic heterocycles. The average molecular weight is 588 g/mol. The van der Waals surface area contributed by atoms with E-state index in [1.54, 1.807) is 18.2 Å². The summed E-state index contributed by atoms with van der Waals surface area (Å²) in [6, 6.07) is 6.20. The SMILES string of the molecule is Nc1c(Cl)cccc1Cc1cc(C(=O)c2cncnc2N[C@@H]2C[C@H](COS(N)(=O)=O)[C@@H](O)[C@H]2O)sc1Cl. The van der Waals surface area contributed by atoms with Crippen LogP contribution < -0.4 is 16.2 Å². The van der Waals surface area contributed by atoms with Crippen LogP contribution in [0.1, 0.15) is 32.8 Å². The van der Waals surface area contributed by atoms with Gasteiger partial charge in [-0.3, -0.25) is 8.98 Å². The molecule has 1 aromatic carbocycles. The second kappa shape index (κ2) is 11.2. The van der Waals surface area contributed by atoms with E-state index in [-0.39, 0.29) is 17.8 Å². The number of aromatic nitrogens is 2. The van der Waals surface area contributed by atoms with Crippen molar-refractivity contribution >= 4 is 62.1 Å². The van der Waals surface area contributed by atoms with E-state index in [4.69, 9.17) is 34.1 Å². The molecule has 1 fully saturated rings. The van der Waals surface area contributed by atoms with E-state index < -0.39 is 46.9 Å². The lowest BCUT2D eigenvalue weighted by atomic mass is 10.0. The first kappa shape index (κ1) is 27.7. The fourth-order valence-electron chi connectivity index (χ4n) is 4.11. The molecule has 2 aromatic heterocycles. The number of rotatable bonds is 9. The first-order valence-electron chi connectivity index (χ1n) is 10.9. The summed E-state index contributed by atoms with van der Waals surface area (Å²) in [5, 5.41) is 29.0. The monoisotopic (exact) mass is 587 g/mol. The number of anilines is 2. The molecule has 198 valence electrons. The number of carbonyl (C=O) groups is 1. The van der Waals surface area contributed by atoms with Gasteiger partial charge in [-0.1, -0.05) is 35.3 Å². The van der Waals surface area contributed by atoms with Gasteiger partial charge in [0.05, 0.1) is 44.2 Å². The summed E-state index contributed by atoms with van der Waals surface area (Å²) in [5.41, 5.74) is 8.09. The summed E-state index contributed by atoms with van der Waals surface area (Å²) in [6.45, 7) is -0.404. The number of aliphatic hydroxyl groups is 2. The van der Waals surface area contributed by atoms with E-state index in [0.29, 0.717) is 31.9 Å². The molecule has 15 heteroatoms. The Balaban J connectivity index is 1.52. The fourth-order valence-corrected chi connectivity index (χ4v) is 5.90. The minimum atomic E-state index is -4.21. The zero-order chi connectivity index (χ0) is 26.9. The van der Waals surface area contributed by atoms with E-state index in [1.165, 1.54) is 12.5 Å². The zero-order valence-electron chi connectivity index (χ0n) is 19.0. The van der Waals surface area contributed by atoms with Crippen molar-refractivity contribution in [2.24, 2.45) is 11.1 Å². The Morgan fingerprint density at radius 1 is 1.24 bits per heavy atom. The minimum Gasteiger partial charge on any atom is -0.397 e. The topological polar surface area (TPSA) is 191 Å². The second-order valence-corrected chi connectivity index (χ2v) is 11.8. The van der Waals surface area contributed by atoms with Crippen molar-refractivity contribution in [3.05, 3.63) is 67.7 Å². The lowest BCUT2D eigenvalue weighted by molar-refractivity contribution is 0.00778. The molecule has 11 nitrogen and oxygen atoms in total. The van der Waals surface area contributed by atoms with Crippen molar-refractivity contribution in [2.45, 2.75) is 31.1 Å². The standard InChI is InChI=1S/C22H23Cl2N5O6S2/c23-14-3-1-2-10(17(14)25)4-11-6-16(36-21(11)24)19(31)13-7-27-9-28-22(13)29-15-5-12(18(30)20(15)32)8-35-37(26,33)34/h1-3,6-7,9,12,15,18,20,30,32H,4-5,8,25H2,(H2,26,33,34)(H,27,28,29)/t12-,15-,18-,20+/m1/s1. The number of para-hydroxylation sites is 1. The molecule has 37 heavy (non-hydrogen) atoms. The maximum absolute atomic E-state index is 13.4. The number of thiophene rings is 1. The van der Waals surface area contributed by atoms with Crippen molar-refractivity contribution in [1.29, 1.82) is 0 Å². The molecule has 4 rings (SSSR count). The highest BCUT2D eigenvalue weighted by molar-refractivity contribution is 7.84. The summed E-state index contributed by atoms with van der Waals surface area (Å²) in [5.74, 6) is -0.985. The molecule has 0 radical (unpaired) electrons. The first-order valence-corrected chi connectivity index (χ1v) is 13.9. The molecular formula is C22H23Cl2N5O6S2. The number of nitrogen functional groups attached to an aromatic ring is 1. The van der Waals surface area contributed by atoms with Gasteiger partial charge in [-0.2, -0.15) is 8.42 Å². The molecule has 3 aromatic rings. The summed E-state index contributed by atoms with van der Waals surface area (Å²) in [7, 11) is -4.21. The first-order chi connectivity index (χ1) is 17.4. The maximum Gasteiger partial charge on any atom is 0.333 e. The van der Waals surface area contributed by atoms with Crippen LogP contribution in [0.4, 0.5) is 11.5 Å². The number of benzene rings is 1.